The molecule has 0 spiro atoms. The van der Waals surface area contributed by atoms with Crippen LogP contribution in [-0.4, -0.2) is 64.0 Å². The average Bonchev–Trinajstić information content (AvgIpc) is 2.90. The fourth-order valence-electron chi connectivity index (χ4n) is 1.95. The number of likely N-dealkylation sites (tertiary alicyclic amines) is 1. The predicted molar refractivity (Wildman–Crippen MR) is 89.5 cm³/mol. The van der Waals surface area contributed by atoms with Crippen molar-refractivity contribution in [2.75, 3.05) is 53.1 Å². The van der Waals surface area contributed by atoms with Crippen LogP contribution in [0.4, 0.5) is 0 Å². The molecule has 1 fully saturated rings. The molecule has 114 valence electrons. The maximum Gasteiger partial charge on any atom is 0.193 e. The summed E-state index contributed by atoms with van der Waals surface area (Å²) < 4.78 is 10.3. The fourth-order valence-corrected chi connectivity index (χ4v) is 1.95. The lowest BCUT2D eigenvalue weighted by Gasteiger charge is -2.20. The smallest absolute Gasteiger partial charge is 0.193 e. The van der Waals surface area contributed by atoms with Crippen LogP contribution in [0.25, 0.3) is 0 Å². The van der Waals surface area contributed by atoms with Crippen molar-refractivity contribution in [2.24, 2.45) is 4.99 Å². The fraction of sp³-hybridized carbons (Fsp3) is 0.923. The number of hydrogen-bond donors (Lipinski definition) is 1. The molecule has 1 heterocycles. The Balaban J connectivity index is 0.00000324. The van der Waals surface area contributed by atoms with E-state index in [-0.39, 0.29) is 24.0 Å². The third-order valence-electron chi connectivity index (χ3n) is 2.88. The van der Waals surface area contributed by atoms with Gasteiger partial charge < -0.3 is 19.7 Å². The number of hydrogen-bond acceptors (Lipinski definition) is 3. The Labute approximate surface area is 134 Å². The van der Waals surface area contributed by atoms with E-state index in [9.17, 15) is 0 Å². The molecule has 0 radical (unpaired) electrons. The van der Waals surface area contributed by atoms with E-state index in [4.69, 9.17) is 9.47 Å². The van der Waals surface area contributed by atoms with Crippen molar-refractivity contribution < 1.29 is 9.47 Å². The van der Waals surface area contributed by atoms with Crippen molar-refractivity contribution in [1.82, 2.24) is 10.2 Å². The highest BCUT2D eigenvalue weighted by molar-refractivity contribution is 14.0. The largest absolute Gasteiger partial charge is 0.382 e. The Morgan fingerprint density at radius 3 is 2.58 bits per heavy atom. The summed E-state index contributed by atoms with van der Waals surface area (Å²) in [7, 11) is 1.69. The van der Waals surface area contributed by atoms with Gasteiger partial charge in [-0.25, -0.2) is 0 Å². The standard InChI is InChI=1S/C13H27N3O2.HI/c1-3-14-13(16-8-4-5-9-16)15-7-6-10-18-12-11-17-2;/h3-12H2,1-2H3,(H,14,15);1H. The second kappa shape index (κ2) is 12.9. The van der Waals surface area contributed by atoms with Crippen molar-refractivity contribution in [3.8, 4) is 0 Å². The zero-order valence-electron chi connectivity index (χ0n) is 12.2. The first-order valence-corrected chi connectivity index (χ1v) is 6.98. The van der Waals surface area contributed by atoms with Crippen molar-refractivity contribution in [3.05, 3.63) is 0 Å². The molecule has 1 N–H and O–H groups in total. The first kappa shape index (κ1) is 18.9. The van der Waals surface area contributed by atoms with Crippen LogP contribution in [0.5, 0.6) is 0 Å². The molecule has 1 aliphatic rings. The van der Waals surface area contributed by atoms with Crippen LogP contribution in [0.2, 0.25) is 0 Å². The molecule has 0 aromatic carbocycles. The van der Waals surface area contributed by atoms with Gasteiger partial charge in [-0.2, -0.15) is 0 Å². The van der Waals surface area contributed by atoms with Crippen LogP contribution in [0.1, 0.15) is 26.2 Å². The summed E-state index contributed by atoms with van der Waals surface area (Å²) in [6.07, 6.45) is 3.53. The van der Waals surface area contributed by atoms with Gasteiger partial charge in [0.15, 0.2) is 5.96 Å². The summed E-state index contributed by atoms with van der Waals surface area (Å²) in [5, 5.41) is 3.35. The van der Waals surface area contributed by atoms with E-state index in [2.05, 4.69) is 22.1 Å². The number of guanidine groups is 1. The molecule has 19 heavy (non-hydrogen) atoms. The molecule has 1 rings (SSSR count). The van der Waals surface area contributed by atoms with Crippen molar-refractivity contribution in [3.63, 3.8) is 0 Å². The number of methoxy groups -OCH3 is 1. The molecule has 0 atom stereocenters. The zero-order valence-corrected chi connectivity index (χ0v) is 14.5. The topological polar surface area (TPSA) is 46.1 Å². The van der Waals surface area contributed by atoms with E-state index in [0.29, 0.717) is 13.2 Å². The third-order valence-corrected chi connectivity index (χ3v) is 2.88. The number of rotatable bonds is 8. The van der Waals surface area contributed by atoms with Gasteiger partial charge in [0, 0.05) is 39.9 Å². The summed E-state index contributed by atoms with van der Waals surface area (Å²) in [6, 6.07) is 0. The molecule has 0 aromatic heterocycles. The first-order valence-electron chi connectivity index (χ1n) is 6.98. The summed E-state index contributed by atoms with van der Waals surface area (Å²) in [5.74, 6) is 1.06. The lowest BCUT2D eigenvalue weighted by atomic mass is 10.4. The lowest BCUT2D eigenvalue weighted by Crippen LogP contribution is -2.39. The Morgan fingerprint density at radius 1 is 1.21 bits per heavy atom. The van der Waals surface area contributed by atoms with Crippen molar-refractivity contribution in [2.45, 2.75) is 26.2 Å². The van der Waals surface area contributed by atoms with Crippen LogP contribution >= 0.6 is 24.0 Å². The molecular weight excluding hydrogens is 357 g/mol. The summed E-state index contributed by atoms with van der Waals surface area (Å²) in [5.41, 5.74) is 0. The highest BCUT2D eigenvalue weighted by Gasteiger charge is 2.14. The van der Waals surface area contributed by atoms with E-state index in [1.165, 1.54) is 12.8 Å². The van der Waals surface area contributed by atoms with Gasteiger partial charge in [0.25, 0.3) is 0 Å². The number of aliphatic imine (C=N–C) groups is 1. The monoisotopic (exact) mass is 385 g/mol. The Bertz CT molecular complexity index is 234. The van der Waals surface area contributed by atoms with Crippen LogP contribution in [0.3, 0.4) is 0 Å². The molecule has 0 aromatic rings. The van der Waals surface area contributed by atoms with Crippen LogP contribution in [-0.2, 0) is 9.47 Å². The predicted octanol–water partition coefficient (Wildman–Crippen LogP) is 1.72. The van der Waals surface area contributed by atoms with Crippen LogP contribution in [0, 0.1) is 0 Å². The number of halogens is 1. The molecule has 0 unspecified atom stereocenters. The molecule has 5 nitrogen and oxygen atoms in total. The number of nitrogens with zero attached hydrogens (tertiary/aromatic N) is 2. The van der Waals surface area contributed by atoms with Gasteiger partial charge in [-0.1, -0.05) is 0 Å². The summed E-state index contributed by atoms with van der Waals surface area (Å²) in [4.78, 5) is 6.98. The molecule has 1 saturated heterocycles. The second-order valence-corrected chi connectivity index (χ2v) is 4.39. The average molecular weight is 385 g/mol. The quantitative estimate of drug-likeness (QED) is 0.299. The van der Waals surface area contributed by atoms with E-state index in [1.54, 1.807) is 7.11 Å². The van der Waals surface area contributed by atoms with Gasteiger partial charge >= 0.3 is 0 Å². The Morgan fingerprint density at radius 2 is 1.95 bits per heavy atom. The normalized spacial score (nSPS) is 15.5. The maximum atomic E-state index is 5.41. The van der Waals surface area contributed by atoms with Gasteiger partial charge in [0.05, 0.1) is 13.2 Å². The van der Waals surface area contributed by atoms with Gasteiger partial charge in [-0.3, -0.25) is 4.99 Å². The van der Waals surface area contributed by atoms with Gasteiger partial charge in [-0.15, -0.1) is 24.0 Å². The molecule has 1 aliphatic heterocycles. The highest BCUT2D eigenvalue weighted by Crippen LogP contribution is 2.07. The second-order valence-electron chi connectivity index (χ2n) is 4.39. The van der Waals surface area contributed by atoms with E-state index < -0.39 is 0 Å². The molecule has 0 amide bonds. The minimum Gasteiger partial charge on any atom is -0.382 e. The third kappa shape index (κ3) is 8.65. The summed E-state index contributed by atoms with van der Waals surface area (Å²) in [6.45, 7) is 8.23. The molecular formula is C13H28IN3O2. The Kier molecular flexibility index (Phi) is 12.9. The maximum absolute atomic E-state index is 5.41. The van der Waals surface area contributed by atoms with Crippen molar-refractivity contribution in [1.29, 1.82) is 0 Å². The number of nitrogens with one attached hydrogen (secondary N) is 1. The van der Waals surface area contributed by atoms with Crippen LogP contribution in [0.15, 0.2) is 4.99 Å². The van der Waals surface area contributed by atoms with E-state index >= 15 is 0 Å². The minimum atomic E-state index is 0. The van der Waals surface area contributed by atoms with E-state index in [0.717, 1.165) is 45.2 Å². The van der Waals surface area contributed by atoms with E-state index in [1.807, 2.05) is 0 Å². The van der Waals surface area contributed by atoms with Gasteiger partial charge in [-0.05, 0) is 26.2 Å². The van der Waals surface area contributed by atoms with Crippen molar-refractivity contribution >= 4 is 29.9 Å². The minimum absolute atomic E-state index is 0. The zero-order chi connectivity index (χ0) is 13.1. The van der Waals surface area contributed by atoms with Gasteiger partial charge in [0.2, 0.25) is 0 Å². The molecule has 0 bridgehead atoms. The highest BCUT2D eigenvalue weighted by atomic mass is 127. The van der Waals surface area contributed by atoms with Crippen LogP contribution < -0.4 is 5.32 Å². The Hall–Kier alpha value is -0.0800. The molecule has 0 aliphatic carbocycles. The molecule has 0 saturated carbocycles. The molecule has 6 heteroatoms. The summed E-state index contributed by atoms with van der Waals surface area (Å²) >= 11 is 0. The number of ether oxygens (including phenoxy) is 2. The first-order chi connectivity index (χ1) is 8.88. The SMILES string of the molecule is CCNC(=NCCCOCCOC)N1CCCC1.I. The van der Waals surface area contributed by atoms with Gasteiger partial charge in [0.1, 0.15) is 0 Å². The lowest BCUT2D eigenvalue weighted by molar-refractivity contribution is 0.0702.